The number of hydrogen-bond acceptors (Lipinski definition) is 6. The van der Waals surface area contributed by atoms with E-state index in [2.05, 4.69) is 5.32 Å². The molecule has 2 aromatic rings. The summed E-state index contributed by atoms with van der Waals surface area (Å²) in [6.45, 7) is 3.97. The van der Waals surface area contributed by atoms with Crippen LogP contribution in [0, 0.1) is 6.92 Å². The summed E-state index contributed by atoms with van der Waals surface area (Å²) in [5, 5.41) is 2.98. The minimum atomic E-state index is -0.960. The Balaban J connectivity index is 1.34. The maximum absolute atomic E-state index is 13.9. The van der Waals surface area contributed by atoms with Gasteiger partial charge in [0, 0.05) is 50.2 Å². The highest BCUT2D eigenvalue weighted by atomic mass is 16.5. The van der Waals surface area contributed by atoms with Gasteiger partial charge in [-0.1, -0.05) is 23.8 Å². The number of aryl methyl sites for hydroxylation is 1. The number of nitrogens with zero attached hydrogens (tertiary/aromatic N) is 2. The molecule has 38 heavy (non-hydrogen) atoms. The Bertz CT molecular complexity index is 1190. The van der Waals surface area contributed by atoms with Crippen molar-refractivity contribution in [3.8, 4) is 5.75 Å². The summed E-state index contributed by atoms with van der Waals surface area (Å²) >= 11 is 0. The third kappa shape index (κ3) is 5.26. The van der Waals surface area contributed by atoms with Crippen molar-refractivity contribution in [2.75, 3.05) is 40.0 Å². The van der Waals surface area contributed by atoms with Crippen LogP contribution < -0.4 is 10.1 Å². The highest BCUT2D eigenvalue weighted by Crippen LogP contribution is 2.39. The zero-order valence-corrected chi connectivity index (χ0v) is 22.0. The van der Waals surface area contributed by atoms with Gasteiger partial charge in [-0.2, -0.15) is 0 Å². The molecule has 3 fully saturated rings. The lowest BCUT2D eigenvalue weighted by molar-refractivity contribution is -0.128. The Morgan fingerprint density at radius 2 is 1.79 bits per heavy atom. The number of ether oxygens (including phenoxy) is 3. The molecule has 5 rings (SSSR count). The van der Waals surface area contributed by atoms with Crippen molar-refractivity contribution in [3.05, 3.63) is 65.2 Å². The summed E-state index contributed by atoms with van der Waals surface area (Å²) < 4.78 is 17.2. The first-order chi connectivity index (χ1) is 18.4. The molecule has 0 aromatic heterocycles. The first kappa shape index (κ1) is 26.2. The van der Waals surface area contributed by atoms with Crippen LogP contribution in [0.3, 0.4) is 0 Å². The molecular formula is C29H35N3O6. The van der Waals surface area contributed by atoms with Crippen molar-refractivity contribution >= 4 is 17.7 Å². The molecule has 0 bridgehead atoms. The number of likely N-dealkylation sites (tertiary alicyclic amines) is 1. The van der Waals surface area contributed by atoms with Gasteiger partial charge in [-0.05, 0) is 50.1 Å². The first-order valence-electron chi connectivity index (χ1n) is 13.3. The van der Waals surface area contributed by atoms with Gasteiger partial charge in [-0.15, -0.1) is 0 Å². The first-order valence-corrected chi connectivity index (χ1v) is 13.3. The van der Waals surface area contributed by atoms with E-state index in [0.29, 0.717) is 56.0 Å². The molecule has 202 valence electrons. The largest absolute Gasteiger partial charge is 0.497 e. The minimum Gasteiger partial charge on any atom is -0.497 e. The van der Waals surface area contributed by atoms with Crippen LogP contribution in [0.15, 0.2) is 48.5 Å². The number of piperidine rings is 1. The number of nitrogens with one attached hydrogen (secondary N) is 1. The second-order valence-corrected chi connectivity index (χ2v) is 10.2. The summed E-state index contributed by atoms with van der Waals surface area (Å²) in [6.07, 6.45) is 2.72. The smallest absolute Gasteiger partial charge is 0.256 e. The average Bonchev–Trinajstić information content (AvgIpc) is 3.60. The van der Waals surface area contributed by atoms with Gasteiger partial charge in [0.2, 0.25) is 5.91 Å². The van der Waals surface area contributed by atoms with Crippen LogP contribution in [0.25, 0.3) is 0 Å². The SMILES string of the molecule is COc1cccc(C(=O)N2CCC3(CC2)OC[C@H](C(=O)NC[C@@H]2CCCO2)N3C(=O)c2cccc(C)c2)c1. The standard InChI is InChI=1S/C29H35N3O6/c1-20-6-3-7-21(16-20)28(35)32-25(26(33)30-18-24-10-5-15-37-24)19-38-29(32)11-13-31(14-12-29)27(34)22-8-4-9-23(17-22)36-2/h3-4,6-9,16-17,24-25H,5,10-15,18-19H2,1-2H3,(H,30,33)/t24-,25+/m0/s1. The van der Waals surface area contributed by atoms with Gasteiger partial charge in [0.25, 0.3) is 11.8 Å². The van der Waals surface area contributed by atoms with Gasteiger partial charge >= 0.3 is 0 Å². The predicted octanol–water partition coefficient (Wildman–Crippen LogP) is 2.77. The summed E-state index contributed by atoms with van der Waals surface area (Å²) in [7, 11) is 1.57. The Hall–Kier alpha value is -3.43. The van der Waals surface area contributed by atoms with E-state index in [0.717, 1.165) is 18.4 Å². The molecule has 0 saturated carbocycles. The van der Waals surface area contributed by atoms with Gasteiger partial charge in [0.1, 0.15) is 17.5 Å². The third-order valence-electron chi connectivity index (χ3n) is 7.72. The molecule has 2 atom stereocenters. The fraction of sp³-hybridized carbons (Fsp3) is 0.483. The van der Waals surface area contributed by atoms with E-state index >= 15 is 0 Å². The fourth-order valence-corrected chi connectivity index (χ4v) is 5.62. The quantitative estimate of drug-likeness (QED) is 0.628. The lowest BCUT2D eigenvalue weighted by atomic mass is 9.95. The Kier molecular flexibility index (Phi) is 7.67. The van der Waals surface area contributed by atoms with E-state index in [4.69, 9.17) is 14.2 Å². The summed E-state index contributed by atoms with van der Waals surface area (Å²) in [6, 6.07) is 13.7. The van der Waals surface area contributed by atoms with Crippen LogP contribution in [0.4, 0.5) is 0 Å². The molecule has 3 amide bonds. The van der Waals surface area contributed by atoms with Crippen LogP contribution in [0.5, 0.6) is 5.75 Å². The number of amides is 3. The van der Waals surface area contributed by atoms with Gasteiger partial charge < -0.3 is 24.4 Å². The average molecular weight is 522 g/mol. The zero-order valence-electron chi connectivity index (χ0n) is 22.0. The second-order valence-electron chi connectivity index (χ2n) is 10.2. The van der Waals surface area contributed by atoms with Crippen LogP contribution in [-0.2, 0) is 14.3 Å². The number of carbonyl (C=O) groups is 3. The van der Waals surface area contributed by atoms with E-state index in [-0.39, 0.29) is 30.4 Å². The molecule has 9 nitrogen and oxygen atoms in total. The van der Waals surface area contributed by atoms with E-state index < -0.39 is 11.8 Å². The number of methoxy groups -OCH3 is 1. The molecule has 0 radical (unpaired) electrons. The highest BCUT2D eigenvalue weighted by molar-refractivity contribution is 5.99. The maximum Gasteiger partial charge on any atom is 0.256 e. The van der Waals surface area contributed by atoms with Crippen LogP contribution in [-0.4, -0.2) is 85.3 Å². The molecular weight excluding hydrogens is 486 g/mol. The van der Waals surface area contributed by atoms with Crippen LogP contribution in [0.2, 0.25) is 0 Å². The Morgan fingerprint density at radius 3 is 2.47 bits per heavy atom. The van der Waals surface area contributed by atoms with Gasteiger partial charge in [0.15, 0.2) is 0 Å². The third-order valence-corrected chi connectivity index (χ3v) is 7.72. The number of hydrogen-bond donors (Lipinski definition) is 1. The molecule has 3 saturated heterocycles. The summed E-state index contributed by atoms with van der Waals surface area (Å²) in [4.78, 5) is 43.8. The molecule has 3 aliphatic heterocycles. The minimum absolute atomic E-state index is 0.00187. The summed E-state index contributed by atoms with van der Waals surface area (Å²) in [5.41, 5.74) is 1.06. The van der Waals surface area contributed by atoms with Crippen LogP contribution in [0.1, 0.15) is 52.0 Å². The van der Waals surface area contributed by atoms with E-state index in [1.54, 1.807) is 47.2 Å². The van der Waals surface area contributed by atoms with E-state index in [1.807, 2.05) is 25.1 Å². The normalized spacial score (nSPS) is 22.5. The van der Waals surface area contributed by atoms with Crippen LogP contribution >= 0.6 is 0 Å². The molecule has 3 heterocycles. The van der Waals surface area contributed by atoms with Crippen molar-refractivity contribution in [2.24, 2.45) is 0 Å². The number of rotatable bonds is 6. The molecule has 0 aliphatic carbocycles. The second kappa shape index (κ2) is 11.1. The molecule has 1 spiro atoms. The maximum atomic E-state index is 13.9. The molecule has 2 aromatic carbocycles. The number of carbonyl (C=O) groups excluding carboxylic acids is 3. The van der Waals surface area contributed by atoms with Crippen molar-refractivity contribution in [2.45, 2.75) is 50.5 Å². The van der Waals surface area contributed by atoms with Gasteiger partial charge in [0.05, 0.1) is 19.8 Å². The number of benzene rings is 2. The molecule has 3 aliphatic rings. The van der Waals surface area contributed by atoms with Crippen molar-refractivity contribution in [3.63, 3.8) is 0 Å². The van der Waals surface area contributed by atoms with E-state index in [1.165, 1.54) is 0 Å². The van der Waals surface area contributed by atoms with Crippen molar-refractivity contribution in [1.82, 2.24) is 15.1 Å². The Morgan fingerprint density at radius 1 is 1.05 bits per heavy atom. The Labute approximate surface area is 223 Å². The zero-order chi connectivity index (χ0) is 26.7. The van der Waals surface area contributed by atoms with Crippen molar-refractivity contribution in [1.29, 1.82) is 0 Å². The molecule has 0 unspecified atom stereocenters. The predicted molar refractivity (Wildman–Crippen MR) is 140 cm³/mol. The van der Waals surface area contributed by atoms with E-state index in [9.17, 15) is 14.4 Å². The fourth-order valence-electron chi connectivity index (χ4n) is 5.62. The van der Waals surface area contributed by atoms with Crippen molar-refractivity contribution < 1.29 is 28.6 Å². The summed E-state index contributed by atoms with van der Waals surface area (Å²) in [5.74, 6) is 0.0405. The van der Waals surface area contributed by atoms with Gasteiger partial charge in [-0.3, -0.25) is 19.3 Å². The van der Waals surface area contributed by atoms with Gasteiger partial charge in [-0.25, -0.2) is 0 Å². The monoisotopic (exact) mass is 521 g/mol. The lowest BCUT2D eigenvalue weighted by Gasteiger charge is -2.44. The molecule has 9 heteroatoms. The lowest BCUT2D eigenvalue weighted by Crippen LogP contribution is -2.60. The topological polar surface area (TPSA) is 97.4 Å². The molecule has 1 N–H and O–H groups in total. The highest BCUT2D eigenvalue weighted by Gasteiger charge is 2.54.